The number of para-hydroxylation sites is 1. The Balaban J connectivity index is 2.46. The van der Waals surface area contributed by atoms with E-state index in [1.54, 1.807) is 19.1 Å². The highest BCUT2D eigenvalue weighted by atomic mass is 32.2. The molecule has 0 aromatic heterocycles. The highest BCUT2D eigenvalue weighted by Crippen LogP contribution is 2.27. The average molecular weight is 321 g/mol. The summed E-state index contributed by atoms with van der Waals surface area (Å²) in [7, 11) is -2.51. The van der Waals surface area contributed by atoms with Crippen LogP contribution in [-0.2, 0) is 10.0 Å². The van der Waals surface area contributed by atoms with Crippen LogP contribution < -0.4 is 9.46 Å². The number of hydrogen-bond acceptors (Lipinski definition) is 4. The summed E-state index contributed by atoms with van der Waals surface area (Å²) in [6, 6.07) is 10.6. The van der Waals surface area contributed by atoms with Gasteiger partial charge in [-0.3, -0.25) is 4.72 Å². The second-order valence-electron chi connectivity index (χ2n) is 4.54. The Kier molecular flexibility index (Phi) is 4.37. The van der Waals surface area contributed by atoms with E-state index >= 15 is 0 Å². The number of ether oxygens (including phenoxy) is 1. The Bertz CT molecular complexity index is 814. The van der Waals surface area contributed by atoms with Crippen molar-refractivity contribution >= 4 is 21.7 Å². The lowest BCUT2D eigenvalue weighted by Gasteiger charge is -2.14. The molecule has 22 heavy (non-hydrogen) atoms. The van der Waals surface area contributed by atoms with Gasteiger partial charge in [-0.15, -0.1) is 0 Å². The van der Waals surface area contributed by atoms with Crippen molar-refractivity contribution in [2.24, 2.45) is 0 Å². The van der Waals surface area contributed by atoms with Gasteiger partial charge in [0.2, 0.25) is 0 Å². The van der Waals surface area contributed by atoms with Gasteiger partial charge in [0.1, 0.15) is 10.6 Å². The fourth-order valence-electron chi connectivity index (χ4n) is 2.02. The van der Waals surface area contributed by atoms with Gasteiger partial charge >= 0.3 is 5.97 Å². The lowest BCUT2D eigenvalue weighted by atomic mass is 10.1. The minimum Gasteiger partial charge on any atom is -0.495 e. The van der Waals surface area contributed by atoms with Crippen LogP contribution in [0.15, 0.2) is 47.4 Å². The number of carboxylic acid groups (broad SMARTS) is 1. The van der Waals surface area contributed by atoms with Crippen LogP contribution >= 0.6 is 0 Å². The number of carboxylic acids is 1. The third-order valence-corrected chi connectivity index (χ3v) is 4.57. The highest BCUT2D eigenvalue weighted by Gasteiger charge is 2.21. The largest absolute Gasteiger partial charge is 0.495 e. The zero-order valence-electron chi connectivity index (χ0n) is 12.0. The fraction of sp³-hybridized carbons (Fsp3) is 0.133. The minimum atomic E-state index is -3.89. The first kappa shape index (κ1) is 15.8. The fourth-order valence-corrected chi connectivity index (χ4v) is 3.31. The van der Waals surface area contributed by atoms with Gasteiger partial charge in [0, 0.05) is 0 Å². The molecule has 0 atom stereocenters. The molecular weight excluding hydrogens is 306 g/mol. The lowest BCUT2D eigenvalue weighted by Crippen LogP contribution is -2.15. The smallest absolute Gasteiger partial charge is 0.336 e. The molecule has 0 fully saturated rings. The van der Waals surface area contributed by atoms with E-state index in [0.717, 1.165) is 0 Å². The van der Waals surface area contributed by atoms with Gasteiger partial charge in [-0.05, 0) is 36.8 Å². The van der Waals surface area contributed by atoms with Crippen molar-refractivity contribution in [1.29, 1.82) is 0 Å². The minimum absolute atomic E-state index is 0.0161. The number of carbonyl (C=O) groups is 1. The van der Waals surface area contributed by atoms with Crippen LogP contribution in [0.1, 0.15) is 15.9 Å². The van der Waals surface area contributed by atoms with Crippen LogP contribution in [0.25, 0.3) is 0 Å². The van der Waals surface area contributed by atoms with Crippen LogP contribution in [0, 0.1) is 6.92 Å². The van der Waals surface area contributed by atoms with E-state index in [-0.39, 0.29) is 21.9 Å². The van der Waals surface area contributed by atoms with Crippen molar-refractivity contribution in [1.82, 2.24) is 0 Å². The maximum atomic E-state index is 12.5. The lowest BCUT2D eigenvalue weighted by molar-refractivity contribution is 0.0696. The molecular formula is C15H15NO5S. The standard InChI is InChI=1S/C15H15NO5S/c1-10-11(15(17)18)6-5-7-12(10)16-22(19,20)14-9-4-3-8-13(14)21-2/h3-9,16H,1-2H3,(H,17,18). The molecule has 2 aromatic carbocycles. The number of methoxy groups -OCH3 is 1. The molecule has 7 heteroatoms. The topological polar surface area (TPSA) is 92.7 Å². The summed E-state index contributed by atoms with van der Waals surface area (Å²) < 4.78 is 32.4. The van der Waals surface area contributed by atoms with Gasteiger partial charge in [-0.2, -0.15) is 0 Å². The van der Waals surface area contributed by atoms with Crippen LogP contribution in [-0.4, -0.2) is 26.6 Å². The summed E-state index contributed by atoms with van der Waals surface area (Å²) in [6.45, 7) is 1.55. The first-order chi connectivity index (χ1) is 10.4. The van der Waals surface area contributed by atoms with Crippen LogP contribution in [0.3, 0.4) is 0 Å². The number of aromatic carboxylic acids is 1. The molecule has 0 aliphatic rings. The normalized spacial score (nSPS) is 11.0. The summed E-state index contributed by atoms with van der Waals surface area (Å²) in [4.78, 5) is 11.1. The molecule has 6 nitrogen and oxygen atoms in total. The predicted octanol–water partition coefficient (Wildman–Crippen LogP) is 2.50. The molecule has 0 spiro atoms. The van der Waals surface area contributed by atoms with Crippen LogP contribution in [0.2, 0.25) is 0 Å². The van der Waals surface area contributed by atoms with Crippen LogP contribution in [0.4, 0.5) is 5.69 Å². The predicted molar refractivity (Wildman–Crippen MR) is 81.9 cm³/mol. The number of anilines is 1. The van der Waals surface area contributed by atoms with Gasteiger partial charge in [0.05, 0.1) is 18.4 Å². The quantitative estimate of drug-likeness (QED) is 0.882. The zero-order chi connectivity index (χ0) is 16.3. The van der Waals surface area contributed by atoms with E-state index in [4.69, 9.17) is 9.84 Å². The molecule has 0 radical (unpaired) electrons. The second kappa shape index (κ2) is 6.07. The number of nitrogens with one attached hydrogen (secondary N) is 1. The molecule has 0 bridgehead atoms. The molecule has 0 aliphatic heterocycles. The van der Waals surface area contributed by atoms with Gasteiger partial charge in [-0.25, -0.2) is 13.2 Å². The van der Waals surface area contributed by atoms with E-state index in [0.29, 0.717) is 5.56 Å². The summed E-state index contributed by atoms with van der Waals surface area (Å²) in [5, 5.41) is 9.09. The molecule has 116 valence electrons. The molecule has 0 heterocycles. The Morgan fingerprint density at radius 1 is 1.14 bits per heavy atom. The molecule has 0 saturated carbocycles. The SMILES string of the molecule is COc1ccccc1S(=O)(=O)Nc1cccc(C(=O)O)c1C. The third-order valence-electron chi connectivity index (χ3n) is 3.17. The molecule has 2 N–H and O–H groups in total. The van der Waals surface area contributed by atoms with Gasteiger partial charge in [0.25, 0.3) is 10.0 Å². The second-order valence-corrected chi connectivity index (χ2v) is 6.19. The Hall–Kier alpha value is -2.54. The number of sulfonamides is 1. The van der Waals surface area contributed by atoms with Crippen molar-refractivity contribution < 1.29 is 23.1 Å². The van der Waals surface area contributed by atoms with E-state index in [1.807, 2.05) is 0 Å². The van der Waals surface area contributed by atoms with Gasteiger partial charge in [0.15, 0.2) is 0 Å². The Morgan fingerprint density at radius 2 is 1.82 bits per heavy atom. The number of rotatable bonds is 5. The van der Waals surface area contributed by atoms with Crippen molar-refractivity contribution in [3.05, 3.63) is 53.6 Å². The first-order valence-corrected chi connectivity index (χ1v) is 7.84. The highest BCUT2D eigenvalue weighted by molar-refractivity contribution is 7.92. The molecule has 0 aliphatic carbocycles. The Morgan fingerprint density at radius 3 is 2.45 bits per heavy atom. The summed E-state index contributed by atoms with van der Waals surface area (Å²) >= 11 is 0. The van der Waals surface area contributed by atoms with E-state index in [9.17, 15) is 13.2 Å². The maximum absolute atomic E-state index is 12.5. The third kappa shape index (κ3) is 3.04. The molecule has 2 aromatic rings. The summed E-state index contributed by atoms with van der Waals surface area (Å²) in [5.74, 6) is -0.905. The van der Waals surface area contributed by atoms with Crippen molar-refractivity contribution in [2.45, 2.75) is 11.8 Å². The Labute approximate surface area is 128 Å². The zero-order valence-corrected chi connectivity index (χ0v) is 12.8. The summed E-state index contributed by atoms with van der Waals surface area (Å²) in [5.41, 5.74) is 0.597. The van der Waals surface area contributed by atoms with Crippen molar-refractivity contribution in [3.8, 4) is 5.75 Å². The average Bonchev–Trinajstić information content (AvgIpc) is 2.49. The van der Waals surface area contributed by atoms with E-state index < -0.39 is 16.0 Å². The maximum Gasteiger partial charge on any atom is 0.336 e. The van der Waals surface area contributed by atoms with E-state index in [2.05, 4.69) is 4.72 Å². The first-order valence-electron chi connectivity index (χ1n) is 6.35. The van der Waals surface area contributed by atoms with Crippen molar-refractivity contribution in [3.63, 3.8) is 0 Å². The monoisotopic (exact) mass is 321 g/mol. The van der Waals surface area contributed by atoms with Crippen LogP contribution in [0.5, 0.6) is 5.75 Å². The number of hydrogen-bond donors (Lipinski definition) is 2. The van der Waals surface area contributed by atoms with Gasteiger partial charge in [-0.1, -0.05) is 18.2 Å². The molecule has 0 amide bonds. The van der Waals surface area contributed by atoms with Crippen molar-refractivity contribution in [2.75, 3.05) is 11.8 Å². The molecule has 2 rings (SSSR count). The molecule has 0 saturated heterocycles. The number of benzene rings is 2. The summed E-state index contributed by atoms with van der Waals surface area (Å²) in [6.07, 6.45) is 0. The molecule has 0 unspecified atom stereocenters. The van der Waals surface area contributed by atoms with Gasteiger partial charge < -0.3 is 9.84 Å². The van der Waals surface area contributed by atoms with E-state index in [1.165, 1.54) is 37.4 Å².